The first-order valence-corrected chi connectivity index (χ1v) is 5.15. The number of esters is 1. The largest absolute Gasteiger partial charge is 0.504 e. The van der Waals surface area contributed by atoms with Crippen molar-refractivity contribution in [2.75, 3.05) is 7.11 Å². The number of methoxy groups -OCH3 is 1. The van der Waals surface area contributed by atoms with Crippen LogP contribution in [0.3, 0.4) is 0 Å². The molecule has 0 aromatic heterocycles. The van der Waals surface area contributed by atoms with E-state index in [1.54, 1.807) is 6.92 Å². The van der Waals surface area contributed by atoms with Crippen LogP contribution < -0.4 is 4.74 Å². The van der Waals surface area contributed by atoms with Crippen molar-refractivity contribution >= 4 is 12.3 Å². The van der Waals surface area contributed by atoms with Crippen LogP contribution in [0.1, 0.15) is 23.7 Å². The van der Waals surface area contributed by atoms with Gasteiger partial charge in [-0.1, -0.05) is 6.92 Å². The first-order chi connectivity index (χ1) is 8.12. The van der Waals surface area contributed by atoms with Gasteiger partial charge in [-0.3, -0.25) is 4.79 Å². The molecule has 1 N–H and O–H groups in total. The maximum atomic E-state index is 11.3. The maximum Gasteiger partial charge on any atom is 0.347 e. The average Bonchev–Trinajstić information content (AvgIpc) is 2.36. The molecule has 1 aromatic carbocycles. The molecule has 1 atom stereocenters. The van der Waals surface area contributed by atoms with Gasteiger partial charge in [0.1, 0.15) is 6.29 Å². The minimum absolute atomic E-state index is 0.0897. The number of aromatic hydroxyl groups is 1. The molecule has 0 aliphatic heterocycles. The number of hydrogen-bond donors (Lipinski definition) is 1. The third kappa shape index (κ3) is 3.21. The molecule has 0 amide bonds. The number of aldehydes is 1. The highest BCUT2D eigenvalue weighted by molar-refractivity contribution is 5.77. The molecule has 0 aliphatic rings. The smallest absolute Gasteiger partial charge is 0.347 e. The number of benzene rings is 1. The highest BCUT2D eigenvalue weighted by Crippen LogP contribution is 2.27. The van der Waals surface area contributed by atoms with Crippen LogP contribution in [0.4, 0.5) is 0 Å². The van der Waals surface area contributed by atoms with Gasteiger partial charge in [0, 0.05) is 5.56 Å². The van der Waals surface area contributed by atoms with Gasteiger partial charge in [-0.15, -0.1) is 0 Å². The van der Waals surface area contributed by atoms with Crippen molar-refractivity contribution in [2.45, 2.75) is 19.4 Å². The monoisotopic (exact) mass is 238 g/mol. The maximum absolute atomic E-state index is 11.3. The van der Waals surface area contributed by atoms with Gasteiger partial charge in [0.05, 0.1) is 7.11 Å². The van der Waals surface area contributed by atoms with E-state index in [1.807, 2.05) is 0 Å². The lowest BCUT2D eigenvalue weighted by Gasteiger charge is -2.16. The summed E-state index contributed by atoms with van der Waals surface area (Å²) in [5, 5.41) is 9.54. The Morgan fingerprint density at radius 1 is 1.53 bits per heavy atom. The summed E-state index contributed by atoms with van der Waals surface area (Å²) in [6, 6.07) is 4.16. The summed E-state index contributed by atoms with van der Waals surface area (Å²) in [7, 11) is 1.26. The van der Waals surface area contributed by atoms with E-state index in [4.69, 9.17) is 4.74 Å². The van der Waals surface area contributed by atoms with Crippen LogP contribution >= 0.6 is 0 Å². The zero-order chi connectivity index (χ0) is 12.8. The van der Waals surface area contributed by atoms with Crippen LogP contribution in [0.5, 0.6) is 11.5 Å². The van der Waals surface area contributed by atoms with Gasteiger partial charge in [0.2, 0.25) is 0 Å². The summed E-state index contributed by atoms with van der Waals surface area (Å²) in [4.78, 5) is 21.9. The summed E-state index contributed by atoms with van der Waals surface area (Å²) in [5.74, 6) is -0.562. The number of carbonyl (C=O) groups excluding carboxylic acids is 2. The Morgan fingerprint density at radius 2 is 2.24 bits per heavy atom. The summed E-state index contributed by atoms with van der Waals surface area (Å²) in [6.07, 6.45) is 0.232. The second-order valence-corrected chi connectivity index (χ2v) is 3.38. The van der Waals surface area contributed by atoms with E-state index in [1.165, 1.54) is 25.3 Å². The molecule has 92 valence electrons. The fraction of sp³-hybridized carbons (Fsp3) is 0.333. The van der Waals surface area contributed by atoms with E-state index in [-0.39, 0.29) is 11.5 Å². The van der Waals surface area contributed by atoms with Crippen LogP contribution in [-0.4, -0.2) is 30.6 Å². The first-order valence-electron chi connectivity index (χ1n) is 5.15. The van der Waals surface area contributed by atoms with Crippen molar-refractivity contribution in [1.82, 2.24) is 0 Å². The van der Waals surface area contributed by atoms with Gasteiger partial charge in [-0.25, -0.2) is 4.79 Å². The zero-order valence-electron chi connectivity index (χ0n) is 9.67. The van der Waals surface area contributed by atoms with Gasteiger partial charge < -0.3 is 14.6 Å². The number of carbonyl (C=O) groups is 2. The molecule has 5 nitrogen and oxygen atoms in total. The number of hydrogen-bond acceptors (Lipinski definition) is 5. The van der Waals surface area contributed by atoms with Crippen molar-refractivity contribution in [3.63, 3.8) is 0 Å². The van der Waals surface area contributed by atoms with E-state index in [0.29, 0.717) is 18.3 Å². The molecule has 1 rings (SSSR count). The molecular weight excluding hydrogens is 224 g/mol. The lowest BCUT2D eigenvalue weighted by molar-refractivity contribution is -0.148. The molecule has 0 fully saturated rings. The normalized spacial score (nSPS) is 11.6. The lowest BCUT2D eigenvalue weighted by Crippen LogP contribution is -2.27. The highest BCUT2D eigenvalue weighted by atomic mass is 16.6. The number of phenols is 1. The summed E-state index contributed by atoms with van der Waals surface area (Å²) < 4.78 is 9.86. The van der Waals surface area contributed by atoms with Gasteiger partial charge >= 0.3 is 5.97 Å². The molecule has 0 spiro atoms. The minimum Gasteiger partial charge on any atom is -0.504 e. The van der Waals surface area contributed by atoms with E-state index >= 15 is 0 Å². The van der Waals surface area contributed by atoms with Gasteiger partial charge in [-0.05, 0) is 24.6 Å². The Labute approximate surface area is 99.0 Å². The predicted octanol–water partition coefficient (Wildman–Crippen LogP) is 1.54. The van der Waals surface area contributed by atoms with Crippen LogP contribution in [-0.2, 0) is 9.53 Å². The second kappa shape index (κ2) is 5.89. The third-order valence-corrected chi connectivity index (χ3v) is 2.22. The Morgan fingerprint density at radius 3 is 2.76 bits per heavy atom. The molecule has 17 heavy (non-hydrogen) atoms. The highest BCUT2D eigenvalue weighted by Gasteiger charge is 2.20. The molecular formula is C12H14O5. The quantitative estimate of drug-likeness (QED) is 0.622. The Kier molecular flexibility index (Phi) is 4.51. The van der Waals surface area contributed by atoms with Crippen molar-refractivity contribution in [1.29, 1.82) is 0 Å². The zero-order valence-corrected chi connectivity index (χ0v) is 9.67. The van der Waals surface area contributed by atoms with Gasteiger partial charge in [-0.2, -0.15) is 0 Å². The van der Waals surface area contributed by atoms with Crippen molar-refractivity contribution in [3.05, 3.63) is 23.8 Å². The molecule has 1 unspecified atom stereocenters. The number of phenolic OH excluding ortho intramolecular Hbond substituents is 1. The minimum atomic E-state index is -0.798. The van der Waals surface area contributed by atoms with E-state index < -0.39 is 12.1 Å². The van der Waals surface area contributed by atoms with Crippen LogP contribution in [0.15, 0.2) is 18.2 Å². The van der Waals surface area contributed by atoms with E-state index in [9.17, 15) is 14.7 Å². The molecule has 0 aliphatic carbocycles. The van der Waals surface area contributed by atoms with E-state index in [2.05, 4.69) is 4.74 Å². The topological polar surface area (TPSA) is 72.8 Å². The SMILES string of the molecule is CCC(Oc1cc(C=O)ccc1O)C(=O)OC. The number of rotatable bonds is 5. The summed E-state index contributed by atoms with van der Waals surface area (Å²) >= 11 is 0. The first kappa shape index (κ1) is 13.0. The van der Waals surface area contributed by atoms with Crippen LogP contribution in [0.25, 0.3) is 0 Å². The Bertz CT molecular complexity index is 413. The molecule has 5 heteroatoms. The molecule has 0 saturated carbocycles. The fourth-order valence-corrected chi connectivity index (χ4v) is 1.28. The summed E-state index contributed by atoms with van der Waals surface area (Å²) in [6.45, 7) is 1.75. The third-order valence-electron chi connectivity index (χ3n) is 2.22. The molecule has 0 radical (unpaired) electrons. The van der Waals surface area contributed by atoms with Gasteiger partial charge in [0.25, 0.3) is 0 Å². The average molecular weight is 238 g/mol. The van der Waals surface area contributed by atoms with E-state index in [0.717, 1.165) is 0 Å². The van der Waals surface area contributed by atoms with Crippen molar-refractivity contribution < 1.29 is 24.2 Å². The predicted molar refractivity (Wildman–Crippen MR) is 60.2 cm³/mol. The number of ether oxygens (including phenoxy) is 2. The summed E-state index contributed by atoms with van der Waals surface area (Å²) in [5.41, 5.74) is 0.359. The van der Waals surface area contributed by atoms with Crippen molar-refractivity contribution in [2.24, 2.45) is 0 Å². The second-order valence-electron chi connectivity index (χ2n) is 3.38. The molecule has 0 saturated heterocycles. The fourth-order valence-electron chi connectivity index (χ4n) is 1.28. The molecule has 1 aromatic rings. The Balaban J connectivity index is 2.92. The molecule has 0 heterocycles. The standard InChI is InChI=1S/C12H14O5/c1-3-10(12(15)16-2)17-11-6-8(7-13)4-5-9(11)14/h4-7,10,14H,3H2,1-2H3. The molecule has 0 bridgehead atoms. The van der Waals surface area contributed by atoms with Gasteiger partial charge in [0.15, 0.2) is 17.6 Å². The van der Waals surface area contributed by atoms with Crippen LogP contribution in [0, 0.1) is 0 Å². The lowest BCUT2D eigenvalue weighted by atomic mass is 10.2. The van der Waals surface area contributed by atoms with Crippen molar-refractivity contribution in [3.8, 4) is 11.5 Å². The Hall–Kier alpha value is -2.04. The van der Waals surface area contributed by atoms with Crippen LogP contribution in [0.2, 0.25) is 0 Å².